The molecule has 6 nitrogen and oxygen atoms in total. The van der Waals surface area contributed by atoms with Gasteiger partial charge in [0.1, 0.15) is 0 Å². The van der Waals surface area contributed by atoms with Gasteiger partial charge in [0.05, 0.1) is 11.0 Å². The Hall–Kier alpha value is -1.44. The molecule has 1 rings (SSSR count). The van der Waals surface area contributed by atoms with E-state index in [1.165, 1.54) is 19.2 Å². The maximum absolute atomic E-state index is 12.2. The predicted octanol–water partition coefficient (Wildman–Crippen LogP) is 1.45. The molecule has 1 amide bonds. The lowest BCUT2D eigenvalue weighted by Crippen LogP contribution is -2.26. The van der Waals surface area contributed by atoms with Gasteiger partial charge in [0.25, 0.3) is 5.91 Å². The van der Waals surface area contributed by atoms with Crippen LogP contribution in [0.4, 0.5) is 0 Å². The zero-order chi connectivity index (χ0) is 16.8. The van der Waals surface area contributed by atoms with Gasteiger partial charge in [0.15, 0.2) is 0 Å². The average Bonchev–Trinajstić information content (AvgIpc) is 2.46. The molecule has 0 fully saturated rings. The molecule has 0 saturated heterocycles. The Morgan fingerprint density at radius 3 is 2.59 bits per heavy atom. The number of aryl methyl sites for hydroxylation is 1. The normalized spacial score (nSPS) is 11.7. The second kappa shape index (κ2) is 8.26. The number of rotatable bonds is 8. The topological polar surface area (TPSA) is 84.5 Å². The van der Waals surface area contributed by atoms with E-state index in [-0.39, 0.29) is 23.5 Å². The van der Waals surface area contributed by atoms with Crippen molar-refractivity contribution in [2.75, 3.05) is 20.2 Å². The molecule has 0 aliphatic heterocycles. The van der Waals surface area contributed by atoms with E-state index in [1.807, 2.05) is 13.8 Å². The Balaban J connectivity index is 2.75. The van der Waals surface area contributed by atoms with Crippen molar-refractivity contribution < 1.29 is 17.9 Å². The minimum atomic E-state index is -3.63. The van der Waals surface area contributed by atoms with Crippen molar-refractivity contribution in [1.82, 2.24) is 10.0 Å². The molecule has 1 aromatic carbocycles. The van der Waals surface area contributed by atoms with Crippen molar-refractivity contribution in [3.63, 3.8) is 0 Å². The maximum Gasteiger partial charge on any atom is 0.251 e. The predicted molar refractivity (Wildman–Crippen MR) is 85.5 cm³/mol. The summed E-state index contributed by atoms with van der Waals surface area (Å²) in [4.78, 5) is 11.8. The quantitative estimate of drug-likeness (QED) is 0.707. The molecule has 7 heteroatoms. The first-order valence-electron chi connectivity index (χ1n) is 7.22. The van der Waals surface area contributed by atoms with Crippen LogP contribution in [0.15, 0.2) is 23.1 Å². The molecule has 0 atom stereocenters. The summed E-state index contributed by atoms with van der Waals surface area (Å²) in [6.45, 7) is 6.40. The SMILES string of the molecule is CNC(=O)c1cc(S(=O)(=O)NCCCOC(C)C)ccc1C. The van der Waals surface area contributed by atoms with Crippen LogP contribution in [0.3, 0.4) is 0 Å². The maximum atomic E-state index is 12.2. The molecule has 0 heterocycles. The van der Waals surface area contributed by atoms with E-state index in [1.54, 1.807) is 13.0 Å². The van der Waals surface area contributed by atoms with Gasteiger partial charge in [-0.15, -0.1) is 0 Å². The molecule has 2 N–H and O–H groups in total. The summed E-state index contributed by atoms with van der Waals surface area (Å²) in [6.07, 6.45) is 0.717. The summed E-state index contributed by atoms with van der Waals surface area (Å²) in [5.41, 5.74) is 1.08. The van der Waals surface area contributed by atoms with Crippen molar-refractivity contribution in [3.8, 4) is 0 Å². The lowest BCUT2D eigenvalue weighted by atomic mass is 10.1. The van der Waals surface area contributed by atoms with Gasteiger partial charge in [-0.2, -0.15) is 0 Å². The van der Waals surface area contributed by atoms with E-state index >= 15 is 0 Å². The molecule has 0 bridgehead atoms. The summed E-state index contributed by atoms with van der Waals surface area (Å²) in [5.74, 6) is -0.306. The average molecular weight is 328 g/mol. The van der Waals surface area contributed by atoms with Crippen LogP contribution < -0.4 is 10.0 Å². The molecule has 22 heavy (non-hydrogen) atoms. The van der Waals surface area contributed by atoms with Crippen LogP contribution in [-0.4, -0.2) is 40.6 Å². The van der Waals surface area contributed by atoms with E-state index < -0.39 is 10.0 Å². The molecule has 124 valence electrons. The van der Waals surface area contributed by atoms with Gasteiger partial charge in [-0.3, -0.25) is 4.79 Å². The number of nitrogens with one attached hydrogen (secondary N) is 2. The first-order chi connectivity index (χ1) is 10.3. The molecule has 1 aromatic rings. The Morgan fingerprint density at radius 1 is 1.32 bits per heavy atom. The van der Waals surface area contributed by atoms with Crippen LogP contribution in [0.1, 0.15) is 36.2 Å². The van der Waals surface area contributed by atoms with Crippen LogP contribution >= 0.6 is 0 Å². The molecule has 0 aromatic heterocycles. The second-order valence-corrected chi connectivity index (χ2v) is 6.99. The smallest absolute Gasteiger partial charge is 0.251 e. The highest BCUT2D eigenvalue weighted by atomic mass is 32.2. The molecule has 0 unspecified atom stereocenters. The molecule has 0 aliphatic rings. The number of benzene rings is 1. The minimum Gasteiger partial charge on any atom is -0.379 e. The fourth-order valence-corrected chi connectivity index (χ4v) is 2.93. The van der Waals surface area contributed by atoms with Crippen LogP contribution in [0, 0.1) is 6.92 Å². The third-order valence-electron chi connectivity index (χ3n) is 3.06. The van der Waals surface area contributed by atoms with Crippen LogP contribution in [0.25, 0.3) is 0 Å². The highest BCUT2D eigenvalue weighted by molar-refractivity contribution is 7.89. The van der Waals surface area contributed by atoms with Crippen molar-refractivity contribution in [2.24, 2.45) is 0 Å². The number of sulfonamides is 1. The number of amides is 1. The number of hydrogen-bond donors (Lipinski definition) is 2. The Morgan fingerprint density at radius 2 is 2.00 bits per heavy atom. The number of hydrogen-bond acceptors (Lipinski definition) is 4. The summed E-state index contributed by atoms with van der Waals surface area (Å²) in [7, 11) is -2.12. The highest BCUT2D eigenvalue weighted by Crippen LogP contribution is 2.15. The molecule has 0 aliphatic carbocycles. The van der Waals surface area contributed by atoms with Crippen LogP contribution in [0.2, 0.25) is 0 Å². The van der Waals surface area contributed by atoms with E-state index in [0.29, 0.717) is 18.6 Å². The lowest BCUT2D eigenvalue weighted by Gasteiger charge is -2.11. The van der Waals surface area contributed by atoms with Gasteiger partial charge in [-0.25, -0.2) is 13.1 Å². The van der Waals surface area contributed by atoms with Crippen molar-refractivity contribution in [1.29, 1.82) is 0 Å². The Kier molecular flexibility index (Phi) is 6.99. The van der Waals surface area contributed by atoms with Gasteiger partial charge in [-0.1, -0.05) is 6.07 Å². The van der Waals surface area contributed by atoms with Gasteiger partial charge in [0.2, 0.25) is 10.0 Å². The zero-order valence-corrected chi connectivity index (χ0v) is 14.3. The highest BCUT2D eigenvalue weighted by Gasteiger charge is 2.17. The van der Waals surface area contributed by atoms with Gasteiger partial charge >= 0.3 is 0 Å². The van der Waals surface area contributed by atoms with Crippen molar-refractivity contribution >= 4 is 15.9 Å². The lowest BCUT2D eigenvalue weighted by molar-refractivity contribution is 0.0778. The standard InChI is InChI=1S/C15H24N2O4S/c1-11(2)21-9-5-8-17-22(19,20)13-7-6-12(3)14(10-13)15(18)16-4/h6-7,10-11,17H,5,8-9H2,1-4H3,(H,16,18). The van der Waals surface area contributed by atoms with Crippen molar-refractivity contribution in [3.05, 3.63) is 29.3 Å². The number of carbonyl (C=O) groups excluding carboxylic acids is 1. The first-order valence-corrected chi connectivity index (χ1v) is 8.70. The van der Waals surface area contributed by atoms with Gasteiger partial charge in [0, 0.05) is 25.8 Å². The molecule has 0 saturated carbocycles. The van der Waals surface area contributed by atoms with Crippen LogP contribution in [0.5, 0.6) is 0 Å². The van der Waals surface area contributed by atoms with Gasteiger partial charge in [-0.05, 0) is 44.9 Å². The largest absolute Gasteiger partial charge is 0.379 e. The third-order valence-corrected chi connectivity index (χ3v) is 4.51. The molecular formula is C15H24N2O4S. The molecule has 0 spiro atoms. The monoisotopic (exact) mass is 328 g/mol. The Labute approximate surface area is 132 Å². The fraction of sp³-hybridized carbons (Fsp3) is 0.533. The minimum absolute atomic E-state index is 0.0847. The molecule has 0 radical (unpaired) electrons. The Bertz CT molecular complexity index is 612. The van der Waals surface area contributed by atoms with E-state index in [9.17, 15) is 13.2 Å². The summed E-state index contributed by atoms with van der Waals surface area (Å²) in [6, 6.07) is 4.51. The van der Waals surface area contributed by atoms with E-state index in [2.05, 4.69) is 10.0 Å². The summed E-state index contributed by atoms with van der Waals surface area (Å²) < 4.78 is 32.3. The third kappa shape index (κ3) is 5.40. The van der Waals surface area contributed by atoms with Crippen molar-refractivity contribution in [2.45, 2.75) is 38.2 Å². The fourth-order valence-electron chi connectivity index (χ4n) is 1.83. The van der Waals surface area contributed by atoms with Gasteiger partial charge < -0.3 is 10.1 Å². The van der Waals surface area contributed by atoms with Crippen LogP contribution in [-0.2, 0) is 14.8 Å². The second-order valence-electron chi connectivity index (χ2n) is 5.23. The zero-order valence-electron chi connectivity index (χ0n) is 13.5. The molecular weight excluding hydrogens is 304 g/mol. The summed E-state index contributed by atoms with van der Waals surface area (Å²) >= 11 is 0. The van der Waals surface area contributed by atoms with E-state index in [4.69, 9.17) is 4.74 Å². The number of ether oxygens (including phenoxy) is 1. The summed E-state index contributed by atoms with van der Waals surface area (Å²) in [5, 5.41) is 2.50. The number of carbonyl (C=O) groups is 1. The first kappa shape index (κ1) is 18.6. The van der Waals surface area contributed by atoms with E-state index in [0.717, 1.165) is 5.56 Å².